The minimum atomic E-state index is -0.211. The first-order valence-electron chi connectivity index (χ1n) is 10.3. The van der Waals surface area contributed by atoms with Crippen molar-refractivity contribution in [3.63, 3.8) is 0 Å². The molecule has 4 rings (SSSR count). The third-order valence-electron chi connectivity index (χ3n) is 5.47. The zero-order valence-electron chi connectivity index (χ0n) is 17.7. The molecule has 30 heavy (non-hydrogen) atoms. The quantitative estimate of drug-likeness (QED) is 0.624. The van der Waals surface area contributed by atoms with Gasteiger partial charge in [0.15, 0.2) is 5.82 Å². The molecule has 1 aliphatic rings. The summed E-state index contributed by atoms with van der Waals surface area (Å²) in [5.74, 6) is 0.834. The molecular formula is C22H28ClN7. The predicted molar refractivity (Wildman–Crippen MR) is 117 cm³/mol. The lowest BCUT2D eigenvalue weighted by Gasteiger charge is -2.39. The van der Waals surface area contributed by atoms with Crippen molar-refractivity contribution in [3.8, 4) is 0 Å². The second kappa shape index (κ2) is 8.79. The molecule has 0 aliphatic carbocycles. The van der Waals surface area contributed by atoms with E-state index < -0.39 is 0 Å². The second-order valence-electron chi connectivity index (χ2n) is 8.68. The van der Waals surface area contributed by atoms with Crippen molar-refractivity contribution in [1.82, 2.24) is 35.0 Å². The zero-order chi connectivity index (χ0) is 21.1. The molecule has 0 bridgehead atoms. The third kappa shape index (κ3) is 4.53. The zero-order valence-corrected chi connectivity index (χ0v) is 18.5. The molecule has 0 amide bonds. The fourth-order valence-electron chi connectivity index (χ4n) is 3.91. The van der Waals surface area contributed by atoms with Gasteiger partial charge in [0.2, 0.25) is 0 Å². The van der Waals surface area contributed by atoms with Crippen LogP contribution in [-0.4, -0.2) is 61.2 Å². The molecular weight excluding hydrogens is 398 g/mol. The number of halogens is 1. The average molecular weight is 426 g/mol. The molecule has 0 N–H and O–H groups in total. The fraction of sp³-hybridized carbons (Fsp3) is 0.455. The van der Waals surface area contributed by atoms with E-state index in [4.69, 9.17) is 11.6 Å². The van der Waals surface area contributed by atoms with Crippen molar-refractivity contribution >= 4 is 11.6 Å². The van der Waals surface area contributed by atoms with E-state index in [0.29, 0.717) is 0 Å². The minimum absolute atomic E-state index is 0.0807. The number of piperazine rings is 1. The van der Waals surface area contributed by atoms with Crippen LogP contribution in [0.2, 0.25) is 5.02 Å². The van der Waals surface area contributed by atoms with E-state index in [-0.39, 0.29) is 11.6 Å². The molecule has 3 heterocycles. The maximum Gasteiger partial charge on any atom is 0.175 e. The Labute approximate surface area is 182 Å². The molecule has 1 saturated heterocycles. The molecule has 1 atom stereocenters. The van der Waals surface area contributed by atoms with Crippen molar-refractivity contribution in [2.75, 3.05) is 26.2 Å². The number of benzene rings is 1. The van der Waals surface area contributed by atoms with Crippen LogP contribution in [-0.2, 0) is 12.1 Å². The van der Waals surface area contributed by atoms with Gasteiger partial charge in [-0.2, -0.15) is 0 Å². The number of nitrogens with zero attached hydrogens (tertiary/aromatic N) is 7. The van der Waals surface area contributed by atoms with Crippen LogP contribution in [0.25, 0.3) is 0 Å². The molecule has 0 spiro atoms. The van der Waals surface area contributed by atoms with Gasteiger partial charge in [-0.1, -0.05) is 35.9 Å². The Bertz CT molecular complexity index is 959. The van der Waals surface area contributed by atoms with Gasteiger partial charge in [0.05, 0.1) is 11.2 Å². The maximum absolute atomic E-state index is 6.36. The van der Waals surface area contributed by atoms with Crippen molar-refractivity contribution in [2.24, 2.45) is 0 Å². The normalized spacial score (nSPS) is 17.2. The summed E-state index contributed by atoms with van der Waals surface area (Å²) < 4.78 is 1.92. The Hall–Kier alpha value is -2.35. The van der Waals surface area contributed by atoms with E-state index in [2.05, 4.69) is 63.2 Å². The molecule has 158 valence electrons. The summed E-state index contributed by atoms with van der Waals surface area (Å²) in [5, 5.41) is 13.5. The monoisotopic (exact) mass is 425 g/mol. The number of hydrogen-bond acceptors (Lipinski definition) is 6. The summed E-state index contributed by atoms with van der Waals surface area (Å²) in [4.78, 5) is 9.52. The lowest BCUT2D eigenvalue weighted by atomic mass is 10.1. The van der Waals surface area contributed by atoms with Crippen molar-refractivity contribution in [2.45, 2.75) is 38.9 Å². The summed E-state index contributed by atoms with van der Waals surface area (Å²) in [6.45, 7) is 10.9. The predicted octanol–water partition coefficient (Wildman–Crippen LogP) is 3.38. The van der Waals surface area contributed by atoms with Crippen LogP contribution in [0.1, 0.15) is 43.9 Å². The van der Waals surface area contributed by atoms with Gasteiger partial charge in [-0.05, 0) is 55.0 Å². The van der Waals surface area contributed by atoms with Gasteiger partial charge in [-0.15, -0.1) is 5.10 Å². The first-order chi connectivity index (χ1) is 14.4. The van der Waals surface area contributed by atoms with E-state index in [0.717, 1.165) is 49.3 Å². The molecule has 2 aromatic heterocycles. The number of aromatic nitrogens is 5. The molecule has 3 aromatic rings. The van der Waals surface area contributed by atoms with Gasteiger partial charge in [-0.3, -0.25) is 14.8 Å². The van der Waals surface area contributed by atoms with Crippen molar-refractivity contribution in [1.29, 1.82) is 0 Å². The lowest BCUT2D eigenvalue weighted by Crippen LogP contribution is -2.48. The highest BCUT2D eigenvalue weighted by Gasteiger charge is 2.33. The van der Waals surface area contributed by atoms with E-state index in [1.165, 1.54) is 5.56 Å². The van der Waals surface area contributed by atoms with Gasteiger partial charge in [0.25, 0.3) is 0 Å². The molecule has 7 nitrogen and oxygen atoms in total. The highest BCUT2D eigenvalue weighted by molar-refractivity contribution is 6.31. The Morgan fingerprint density at radius 2 is 1.73 bits per heavy atom. The summed E-state index contributed by atoms with van der Waals surface area (Å²) in [7, 11) is 0. The highest BCUT2D eigenvalue weighted by Crippen LogP contribution is 2.29. The molecule has 1 fully saturated rings. The number of pyridine rings is 1. The van der Waals surface area contributed by atoms with Gasteiger partial charge in [0.1, 0.15) is 6.04 Å². The summed E-state index contributed by atoms with van der Waals surface area (Å²) in [5.41, 5.74) is 1.93. The van der Waals surface area contributed by atoms with Crippen LogP contribution in [0.3, 0.4) is 0 Å². The van der Waals surface area contributed by atoms with E-state index in [9.17, 15) is 0 Å². The van der Waals surface area contributed by atoms with Gasteiger partial charge < -0.3 is 0 Å². The Morgan fingerprint density at radius 3 is 2.40 bits per heavy atom. The first kappa shape index (κ1) is 20.9. The van der Waals surface area contributed by atoms with E-state index in [1.807, 2.05) is 41.2 Å². The van der Waals surface area contributed by atoms with Crippen molar-refractivity contribution < 1.29 is 0 Å². The minimum Gasteiger partial charge on any atom is -0.296 e. The Balaban J connectivity index is 1.55. The van der Waals surface area contributed by atoms with Gasteiger partial charge >= 0.3 is 0 Å². The lowest BCUT2D eigenvalue weighted by molar-refractivity contribution is 0.0965. The summed E-state index contributed by atoms with van der Waals surface area (Å²) in [6, 6.07) is 14.0. The first-order valence-corrected chi connectivity index (χ1v) is 10.7. The third-order valence-corrected chi connectivity index (χ3v) is 5.83. The molecule has 0 saturated carbocycles. The summed E-state index contributed by atoms with van der Waals surface area (Å²) in [6.07, 6.45) is 1.83. The smallest absolute Gasteiger partial charge is 0.175 e. The van der Waals surface area contributed by atoms with Gasteiger partial charge in [0, 0.05) is 43.9 Å². The Morgan fingerprint density at radius 1 is 1.00 bits per heavy atom. The van der Waals surface area contributed by atoms with Crippen LogP contribution in [0.4, 0.5) is 0 Å². The number of tetrazole rings is 1. The topological polar surface area (TPSA) is 63.0 Å². The van der Waals surface area contributed by atoms with Crippen LogP contribution in [0, 0.1) is 0 Å². The SMILES string of the molecule is CC(C)(C)n1nnnc1[C@H](c1ccccn1)N1CCN(Cc2ccccc2Cl)CC1. The second-order valence-corrected chi connectivity index (χ2v) is 9.09. The van der Waals surface area contributed by atoms with E-state index in [1.54, 1.807) is 0 Å². The Kier molecular flexibility index (Phi) is 6.13. The maximum atomic E-state index is 6.36. The van der Waals surface area contributed by atoms with Gasteiger partial charge in [-0.25, -0.2) is 4.68 Å². The standard InChI is InChI=1S/C22H28ClN7/c1-22(2,3)30-21(25-26-27-30)20(19-10-6-7-11-24-19)29-14-12-28(13-15-29)16-17-8-4-5-9-18(17)23/h4-11,20H,12-16H2,1-3H3/t20-/m0/s1. The van der Waals surface area contributed by atoms with Crippen LogP contribution in [0.15, 0.2) is 48.7 Å². The summed E-state index contributed by atoms with van der Waals surface area (Å²) >= 11 is 6.36. The molecule has 0 unspecified atom stereocenters. The van der Waals surface area contributed by atoms with Crippen molar-refractivity contribution in [3.05, 3.63) is 70.8 Å². The highest BCUT2D eigenvalue weighted by atomic mass is 35.5. The van der Waals surface area contributed by atoms with Crippen LogP contribution >= 0.6 is 11.6 Å². The number of hydrogen-bond donors (Lipinski definition) is 0. The van der Waals surface area contributed by atoms with Crippen LogP contribution < -0.4 is 0 Å². The fourth-order valence-corrected chi connectivity index (χ4v) is 4.11. The molecule has 1 aliphatic heterocycles. The average Bonchev–Trinajstić information content (AvgIpc) is 3.22. The largest absolute Gasteiger partial charge is 0.296 e. The number of rotatable bonds is 5. The van der Waals surface area contributed by atoms with Crippen LogP contribution in [0.5, 0.6) is 0 Å². The van der Waals surface area contributed by atoms with E-state index >= 15 is 0 Å². The molecule has 1 aromatic carbocycles. The molecule has 8 heteroatoms. The molecule has 0 radical (unpaired) electrons.